The minimum absolute atomic E-state index is 0.365. The van der Waals surface area contributed by atoms with E-state index in [1.807, 2.05) is 44.2 Å². The van der Waals surface area contributed by atoms with Crippen molar-refractivity contribution in [3.8, 4) is 0 Å². The van der Waals surface area contributed by atoms with Crippen LogP contribution in [0.5, 0.6) is 0 Å². The zero-order valence-electron chi connectivity index (χ0n) is 12.0. The number of halogens is 1. The molecule has 1 heterocycles. The van der Waals surface area contributed by atoms with Gasteiger partial charge in [-0.15, -0.1) is 0 Å². The van der Waals surface area contributed by atoms with Gasteiger partial charge in [0.05, 0.1) is 11.3 Å². The summed E-state index contributed by atoms with van der Waals surface area (Å²) in [6.45, 7) is 3.75. The van der Waals surface area contributed by atoms with E-state index in [1.54, 1.807) is 18.2 Å². The molecule has 0 saturated heterocycles. The normalized spacial score (nSPS) is 21.3. The fourth-order valence-corrected chi connectivity index (χ4v) is 2.66. The van der Waals surface area contributed by atoms with Gasteiger partial charge in [0, 0.05) is 5.56 Å². The van der Waals surface area contributed by atoms with Gasteiger partial charge in [0.1, 0.15) is 5.82 Å². The van der Waals surface area contributed by atoms with Gasteiger partial charge >= 0.3 is 0 Å². The van der Waals surface area contributed by atoms with Crippen LogP contribution in [0.1, 0.15) is 31.1 Å². The van der Waals surface area contributed by atoms with Gasteiger partial charge in [0.15, 0.2) is 6.17 Å². The van der Waals surface area contributed by atoms with E-state index in [2.05, 4.69) is 4.99 Å². The zero-order chi connectivity index (χ0) is 15.0. The zero-order valence-corrected chi connectivity index (χ0v) is 12.0. The number of rotatable bonds is 2. The molecule has 1 aliphatic rings. The topological polar surface area (TPSA) is 35.8 Å². The smallest absolute Gasteiger partial charge is 0.154 e. The fourth-order valence-electron chi connectivity index (χ4n) is 2.66. The molecule has 3 rings (SSSR count). The van der Waals surface area contributed by atoms with Gasteiger partial charge in [-0.2, -0.15) is 5.06 Å². The van der Waals surface area contributed by atoms with E-state index < -0.39 is 11.7 Å². The molecule has 1 aliphatic heterocycles. The summed E-state index contributed by atoms with van der Waals surface area (Å²) in [5.74, 6) is -0.365. The van der Waals surface area contributed by atoms with Crippen LogP contribution in [0.15, 0.2) is 59.6 Å². The van der Waals surface area contributed by atoms with Crippen molar-refractivity contribution in [2.45, 2.75) is 25.6 Å². The number of nitrogens with zero attached hydrogens (tertiary/aromatic N) is 2. The maximum Gasteiger partial charge on any atom is 0.154 e. The first-order chi connectivity index (χ1) is 10.0. The molecule has 0 spiro atoms. The second-order valence-electron chi connectivity index (χ2n) is 5.64. The summed E-state index contributed by atoms with van der Waals surface area (Å²) in [6, 6.07) is 16.1. The van der Waals surface area contributed by atoms with Crippen LogP contribution in [0.25, 0.3) is 0 Å². The van der Waals surface area contributed by atoms with E-state index >= 15 is 0 Å². The molecule has 2 aromatic rings. The molecule has 1 atom stereocenters. The molecule has 0 unspecified atom stereocenters. The Kier molecular flexibility index (Phi) is 3.35. The van der Waals surface area contributed by atoms with Crippen LogP contribution < -0.4 is 0 Å². The molecule has 1 N–H and O–H groups in total. The largest absolute Gasteiger partial charge is 0.311 e. The summed E-state index contributed by atoms with van der Waals surface area (Å²) in [4.78, 5) is 4.58. The monoisotopic (exact) mass is 284 g/mol. The Morgan fingerprint density at radius 1 is 1.05 bits per heavy atom. The van der Waals surface area contributed by atoms with Gasteiger partial charge in [0.2, 0.25) is 0 Å². The van der Waals surface area contributed by atoms with Gasteiger partial charge in [-0.1, -0.05) is 48.5 Å². The Labute approximate surface area is 123 Å². The Bertz CT molecular complexity index is 682. The molecule has 108 valence electrons. The van der Waals surface area contributed by atoms with Crippen molar-refractivity contribution in [1.29, 1.82) is 0 Å². The van der Waals surface area contributed by atoms with Crippen LogP contribution in [-0.2, 0) is 0 Å². The van der Waals surface area contributed by atoms with Crippen molar-refractivity contribution >= 4 is 5.71 Å². The van der Waals surface area contributed by atoms with E-state index in [1.165, 1.54) is 6.07 Å². The lowest BCUT2D eigenvalue weighted by atomic mass is 9.93. The average molecular weight is 284 g/mol. The molecule has 0 bridgehead atoms. The predicted octanol–water partition coefficient (Wildman–Crippen LogP) is 3.80. The second-order valence-corrected chi connectivity index (χ2v) is 5.64. The van der Waals surface area contributed by atoms with Gasteiger partial charge in [-0.3, -0.25) is 4.99 Å². The van der Waals surface area contributed by atoms with Crippen LogP contribution in [-0.4, -0.2) is 21.5 Å². The lowest BCUT2D eigenvalue weighted by Gasteiger charge is -2.30. The van der Waals surface area contributed by atoms with E-state index in [-0.39, 0.29) is 5.82 Å². The molecule has 4 heteroatoms. The molecular formula is C17H17FN2O. The first-order valence-electron chi connectivity index (χ1n) is 6.88. The molecule has 0 saturated carbocycles. The quantitative estimate of drug-likeness (QED) is 0.910. The highest BCUT2D eigenvalue weighted by atomic mass is 19.1. The molecular weight excluding hydrogens is 267 g/mol. The van der Waals surface area contributed by atoms with Gasteiger partial charge in [-0.05, 0) is 25.5 Å². The molecule has 0 aliphatic carbocycles. The third kappa shape index (κ3) is 2.26. The second kappa shape index (κ2) is 5.06. The average Bonchev–Trinajstić information content (AvgIpc) is 2.72. The Balaban J connectivity index is 2.09. The number of hydrogen-bond acceptors (Lipinski definition) is 3. The highest BCUT2D eigenvalue weighted by Crippen LogP contribution is 2.38. The van der Waals surface area contributed by atoms with Crippen molar-refractivity contribution < 1.29 is 9.60 Å². The van der Waals surface area contributed by atoms with Crippen LogP contribution in [0.3, 0.4) is 0 Å². The molecule has 0 radical (unpaired) electrons. The maximum atomic E-state index is 14.0. The van der Waals surface area contributed by atoms with Crippen molar-refractivity contribution in [3.05, 3.63) is 71.5 Å². The molecule has 3 nitrogen and oxygen atoms in total. The Morgan fingerprint density at radius 2 is 1.67 bits per heavy atom. The van der Waals surface area contributed by atoms with E-state index in [0.29, 0.717) is 5.56 Å². The van der Waals surface area contributed by atoms with Crippen molar-refractivity contribution in [3.63, 3.8) is 0 Å². The first kappa shape index (κ1) is 13.9. The van der Waals surface area contributed by atoms with E-state index in [9.17, 15) is 9.60 Å². The minimum atomic E-state index is -0.726. The van der Waals surface area contributed by atoms with E-state index in [0.717, 1.165) is 16.3 Å². The van der Waals surface area contributed by atoms with Crippen LogP contribution in [0, 0.1) is 5.82 Å². The highest BCUT2D eigenvalue weighted by Gasteiger charge is 2.44. The number of hydrogen-bond donors (Lipinski definition) is 1. The third-order valence-electron chi connectivity index (χ3n) is 3.87. The lowest BCUT2D eigenvalue weighted by Crippen LogP contribution is -2.44. The van der Waals surface area contributed by atoms with Crippen LogP contribution >= 0.6 is 0 Å². The van der Waals surface area contributed by atoms with Gasteiger partial charge in [-0.25, -0.2) is 4.39 Å². The summed E-state index contributed by atoms with van der Waals surface area (Å²) in [7, 11) is 0. The standard InChI is InChI=1S/C17H17FN2O/c1-17(2)15(12-8-4-3-5-9-12)19-16(20(17)21)13-10-6-7-11-14(13)18/h3-11,16,21H,1-2H3/t16-/m1/s1. The molecule has 0 aromatic heterocycles. The SMILES string of the molecule is CC1(C)C(c2ccccc2)=N[C@@H](c2ccccc2F)N1O. The van der Waals surface area contributed by atoms with Gasteiger partial charge in [0.25, 0.3) is 0 Å². The maximum absolute atomic E-state index is 14.0. The molecule has 21 heavy (non-hydrogen) atoms. The minimum Gasteiger partial charge on any atom is -0.311 e. The number of aliphatic imine (C=N–C) groups is 1. The van der Waals surface area contributed by atoms with Crippen molar-refractivity contribution in [2.24, 2.45) is 4.99 Å². The van der Waals surface area contributed by atoms with Crippen molar-refractivity contribution in [2.75, 3.05) is 0 Å². The third-order valence-corrected chi connectivity index (χ3v) is 3.87. The first-order valence-corrected chi connectivity index (χ1v) is 6.88. The molecule has 0 fully saturated rings. The summed E-state index contributed by atoms with van der Waals surface area (Å²) in [5.41, 5.74) is 1.37. The summed E-state index contributed by atoms with van der Waals surface area (Å²) in [5, 5.41) is 11.6. The van der Waals surface area contributed by atoms with Gasteiger partial charge < -0.3 is 5.21 Å². The van der Waals surface area contributed by atoms with Crippen LogP contribution in [0.2, 0.25) is 0 Å². The fraction of sp³-hybridized carbons (Fsp3) is 0.235. The predicted molar refractivity (Wildman–Crippen MR) is 79.8 cm³/mol. The lowest BCUT2D eigenvalue weighted by molar-refractivity contribution is -0.160. The molecule has 0 amide bonds. The van der Waals surface area contributed by atoms with Crippen LogP contribution in [0.4, 0.5) is 4.39 Å². The summed E-state index contributed by atoms with van der Waals surface area (Å²) < 4.78 is 14.0. The number of benzene rings is 2. The summed E-state index contributed by atoms with van der Waals surface area (Å²) in [6.07, 6.45) is -0.726. The Morgan fingerprint density at radius 3 is 2.33 bits per heavy atom. The van der Waals surface area contributed by atoms with Crippen molar-refractivity contribution in [1.82, 2.24) is 5.06 Å². The molecule has 2 aromatic carbocycles. The highest BCUT2D eigenvalue weighted by molar-refractivity contribution is 6.07. The number of hydroxylamine groups is 2. The van der Waals surface area contributed by atoms with E-state index in [4.69, 9.17) is 0 Å². The summed E-state index contributed by atoms with van der Waals surface area (Å²) >= 11 is 0. The Hall–Kier alpha value is -2.04.